The second-order valence-corrected chi connectivity index (χ2v) is 4.54. The molecule has 1 unspecified atom stereocenters. The molecule has 0 aliphatic carbocycles. The highest BCUT2D eigenvalue weighted by Gasteiger charge is 2.25. The first-order valence-electron chi connectivity index (χ1n) is 5.32. The van der Waals surface area contributed by atoms with Crippen molar-refractivity contribution in [1.29, 1.82) is 0 Å². The topological polar surface area (TPSA) is 40.5 Å². The zero-order valence-corrected chi connectivity index (χ0v) is 9.87. The van der Waals surface area contributed by atoms with E-state index in [9.17, 15) is 9.90 Å². The van der Waals surface area contributed by atoms with Crippen LogP contribution in [0.2, 0.25) is 5.02 Å². The average molecular weight is 240 g/mol. The minimum Gasteiger partial charge on any atom is -0.391 e. The van der Waals surface area contributed by atoms with E-state index in [0.717, 1.165) is 11.3 Å². The first-order valence-corrected chi connectivity index (χ1v) is 5.70. The zero-order chi connectivity index (χ0) is 11.7. The number of halogens is 1. The van der Waals surface area contributed by atoms with Crippen LogP contribution in [-0.2, 0) is 4.79 Å². The highest BCUT2D eigenvalue weighted by atomic mass is 35.5. The molecular weight excluding hydrogens is 226 g/mol. The molecule has 1 N–H and O–H groups in total. The number of piperidine rings is 1. The maximum Gasteiger partial charge on any atom is 0.227 e. The second kappa shape index (κ2) is 4.44. The van der Waals surface area contributed by atoms with Gasteiger partial charge in [-0.25, -0.2) is 0 Å². The Balaban J connectivity index is 2.28. The van der Waals surface area contributed by atoms with E-state index in [1.807, 2.05) is 19.1 Å². The summed E-state index contributed by atoms with van der Waals surface area (Å²) in [4.78, 5) is 13.3. The number of hydrogen-bond acceptors (Lipinski definition) is 2. The lowest BCUT2D eigenvalue weighted by Crippen LogP contribution is -2.42. The summed E-state index contributed by atoms with van der Waals surface area (Å²) in [5.41, 5.74) is 1.75. The van der Waals surface area contributed by atoms with Crippen LogP contribution >= 0.6 is 11.6 Å². The third-order valence-electron chi connectivity index (χ3n) is 2.85. The normalized spacial score (nSPS) is 21.3. The molecule has 1 atom stereocenters. The number of anilines is 1. The molecule has 4 heteroatoms. The molecule has 0 radical (unpaired) electrons. The lowest BCUT2D eigenvalue weighted by atomic mass is 10.1. The highest BCUT2D eigenvalue weighted by Crippen LogP contribution is 2.26. The third kappa shape index (κ3) is 2.20. The lowest BCUT2D eigenvalue weighted by Gasteiger charge is -2.30. The Bertz CT molecular complexity index is 419. The van der Waals surface area contributed by atoms with Crippen molar-refractivity contribution >= 4 is 23.2 Å². The summed E-state index contributed by atoms with van der Waals surface area (Å²) >= 11 is 6.02. The SMILES string of the molecule is Cc1ccc(N2CC(O)CCC2=O)cc1Cl. The van der Waals surface area contributed by atoms with Crippen LogP contribution < -0.4 is 4.90 Å². The van der Waals surface area contributed by atoms with Gasteiger partial charge in [-0.3, -0.25) is 4.79 Å². The molecule has 3 nitrogen and oxygen atoms in total. The van der Waals surface area contributed by atoms with E-state index in [1.165, 1.54) is 0 Å². The van der Waals surface area contributed by atoms with Crippen molar-refractivity contribution in [3.8, 4) is 0 Å². The number of carbonyl (C=O) groups is 1. The predicted molar refractivity (Wildman–Crippen MR) is 63.8 cm³/mol. The Morgan fingerprint density at radius 2 is 2.25 bits per heavy atom. The number of carbonyl (C=O) groups excluding carboxylic acids is 1. The van der Waals surface area contributed by atoms with Gasteiger partial charge in [0.2, 0.25) is 5.91 Å². The van der Waals surface area contributed by atoms with E-state index < -0.39 is 6.10 Å². The van der Waals surface area contributed by atoms with E-state index >= 15 is 0 Å². The summed E-state index contributed by atoms with van der Waals surface area (Å²) in [6.07, 6.45) is 0.513. The van der Waals surface area contributed by atoms with Crippen LogP contribution in [0.25, 0.3) is 0 Å². The fourth-order valence-corrected chi connectivity index (χ4v) is 2.00. The Morgan fingerprint density at radius 3 is 2.94 bits per heavy atom. The van der Waals surface area contributed by atoms with Gasteiger partial charge in [0.05, 0.1) is 12.6 Å². The molecule has 1 fully saturated rings. The summed E-state index contributed by atoms with van der Waals surface area (Å²) in [6, 6.07) is 5.51. The fourth-order valence-electron chi connectivity index (χ4n) is 1.83. The number of aliphatic hydroxyl groups is 1. The smallest absolute Gasteiger partial charge is 0.227 e. The van der Waals surface area contributed by atoms with Crippen LogP contribution in [0.3, 0.4) is 0 Å². The molecule has 1 amide bonds. The minimum absolute atomic E-state index is 0.0465. The quantitative estimate of drug-likeness (QED) is 0.816. The molecule has 0 bridgehead atoms. The van der Waals surface area contributed by atoms with Crippen LogP contribution in [0.4, 0.5) is 5.69 Å². The second-order valence-electron chi connectivity index (χ2n) is 4.13. The van der Waals surface area contributed by atoms with Gasteiger partial charge >= 0.3 is 0 Å². The number of rotatable bonds is 1. The van der Waals surface area contributed by atoms with E-state index in [4.69, 9.17) is 11.6 Å². The number of nitrogens with zero attached hydrogens (tertiary/aromatic N) is 1. The first-order chi connectivity index (χ1) is 7.58. The van der Waals surface area contributed by atoms with Crippen LogP contribution in [0.1, 0.15) is 18.4 Å². The zero-order valence-electron chi connectivity index (χ0n) is 9.11. The minimum atomic E-state index is -0.433. The highest BCUT2D eigenvalue weighted by molar-refractivity contribution is 6.31. The van der Waals surface area contributed by atoms with Crippen LogP contribution in [0.5, 0.6) is 0 Å². The number of amides is 1. The Labute approximate surface area is 99.6 Å². The van der Waals surface area contributed by atoms with E-state index in [0.29, 0.717) is 24.4 Å². The molecule has 1 saturated heterocycles. The van der Waals surface area contributed by atoms with Crippen LogP contribution in [-0.4, -0.2) is 23.7 Å². The van der Waals surface area contributed by atoms with Gasteiger partial charge in [-0.1, -0.05) is 17.7 Å². The number of benzene rings is 1. The molecule has 0 saturated carbocycles. The van der Waals surface area contributed by atoms with E-state index in [2.05, 4.69) is 0 Å². The maximum atomic E-state index is 11.7. The average Bonchev–Trinajstić information content (AvgIpc) is 2.26. The number of β-amino-alcohol motifs (C(OH)–C–C–N with tert-alkyl or cyclic N) is 1. The van der Waals surface area contributed by atoms with Crippen LogP contribution in [0.15, 0.2) is 18.2 Å². The van der Waals surface area contributed by atoms with Crippen molar-refractivity contribution in [3.05, 3.63) is 28.8 Å². The van der Waals surface area contributed by atoms with Gasteiger partial charge in [0.1, 0.15) is 0 Å². The van der Waals surface area contributed by atoms with Crippen LogP contribution in [0, 0.1) is 6.92 Å². The first kappa shape index (κ1) is 11.4. The molecular formula is C12H14ClNO2. The molecule has 86 valence electrons. The molecule has 0 spiro atoms. The Morgan fingerprint density at radius 1 is 1.50 bits per heavy atom. The van der Waals surface area contributed by atoms with Gasteiger partial charge in [-0.05, 0) is 31.0 Å². The van der Waals surface area contributed by atoms with Gasteiger partial charge in [0.15, 0.2) is 0 Å². The standard InChI is InChI=1S/C12H14ClNO2/c1-8-2-3-9(6-11(8)13)14-7-10(15)4-5-12(14)16/h2-3,6,10,15H,4-5,7H2,1H3. The predicted octanol–water partition coefficient (Wildman–Crippen LogP) is 2.14. The molecule has 1 aromatic carbocycles. The molecule has 1 aliphatic rings. The van der Waals surface area contributed by atoms with Crippen molar-refractivity contribution in [3.63, 3.8) is 0 Å². The number of aryl methyl sites for hydroxylation is 1. The van der Waals surface area contributed by atoms with Gasteiger partial charge in [-0.15, -0.1) is 0 Å². The van der Waals surface area contributed by atoms with Crippen molar-refractivity contribution in [1.82, 2.24) is 0 Å². The summed E-state index contributed by atoms with van der Waals surface area (Å²) in [7, 11) is 0. The van der Waals surface area contributed by atoms with Gasteiger partial charge in [0.25, 0.3) is 0 Å². The third-order valence-corrected chi connectivity index (χ3v) is 3.26. The molecule has 0 aromatic heterocycles. The monoisotopic (exact) mass is 239 g/mol. The largest absolute Gasteiger partial charge is 0.391 e. The van der Waals surface area contributed by atoms with Gasteiger partial charge in [0, 0.05) is 17.1 Å². The van der Waals surface area contributed by atoms with Gasteiger partial charge < -0.3 is 10.0 Å². The summed E-state index contributed by atoms with van der Waals surface area (Å²) < 4.78 is 0. The number of hydrogen-bond donors (Lipinski definition) is 1. The Kier molecular flexibility index (Phi) is 3.17. The summed E-state index contributed by atoms with van der Waals surface area (Å²) in [6.45, 7) is 2.28. The molecule has 16 heavy (non-hydrogen) atoms. The Hall–Kier alpha value is -1.06. The lowest BCUT2D eigenvalue weighted by molar-refractivity contribution is -0.121. The molecule has 1 heterocycles. The maximum absolute atomic E-state index is 11.7. The molecule has 1 aromatic rings. The van der Waals surface area contributed by atoms with E-state index in [-0.39, 0.29) is 5.91 Å². The van der Waals surface area contributed by atoms with E-state index in [1.54, 1.807) is 11.0 Å². The van der Waals surface area contributed by atoms with Crippen molar-refractivity contribution in [2.75, 3.05) is 11.4 Å². The summed E-state index contributed by atoms with van der Waals surface area (Å²) in [5, 5.41) is 10.2. The van der Waals surface area contributed by atoms with Crippen molar-refractivity contribution in [2.45, 2.75) is 25.9 Å². The molecule has 1 aliphatic heterocycles. The van der Waals surface area contributed by atoms with Gasteiger partial charge in [-0.2, -0.15) is 0 Å². The summed E-state index contributed by atoms with van der Waals surface area (Å²) in [5.74, 6) is 0.0465. The van der Waals surface area contributed by atoms with Crippen molar-refractivity contribution in [2.24, 2.45) is 0 Å². The molecule has 2 rings (SSSR count). The van der Waals surface area contributed by atoms with Crippen molar-refractivity contribution < 1.29 is 9.90 Å². The fraction of sp³-hybridized carbons (Fsp3) is 0.417. The number of aliphatic hydroxyl groups excluding tert-OH is 1.